The van der Waals surface area contributed by atoms with Crippen molar-refractivity contribution in [2.24, 2.45) is 0 Å². The number of carbonyl (C=O) groups excluding carboxylic acids is 2. The maximum atomic E-state index is 14.7. The van der Waals surface area contributed by atoms with E-state index in [1.54, 1.807) is 12.0 Å². The average Bonchev–Trinajstić information content (AvgIpc) is 3.13. The smallest absolute Gasteiger partial charge is 0.272 e. The lowest BCUT2D eigenvalue weighted by Gasteiger charge is -2.47. The molecule has 2 aliphatic rings. The Morgan fingerprint density at radius 2 is 1.75 bits per heavy atom. The minimum atomic E-state index is -1.27. The van der Waals surface area contributed by atoms with Crippen molar-refractivity contribution in [3.8, 4) is 5.75 Å². The van der Waals surface area contributed by atoms with E-state index in [4.69, 9.17) is 16.3 Å². The maximum absolute atomic E-state index is 14.7. The van der Waals surface area contributed by atoms with Crippen LogP contribution in [0.4, 0.5) is 0 Å². The van der Waals surface area contributed by atoms with Crippen molar-refractivity contribution in [3.63, 3.8) is 0 Å². The number of nitrogens with zero attached hydrogens (tertiary/aromatic N) is 2. The van der Waals surface area contributed by atoms with Crippen molar-refractivity contribution >= 4 is 34.3 Å². The van der Waals surface area contributed by atoms with E-state index < -0.39 is 5.54 Å². The van der Waals surface area contributed by atoms with Crippen molar-refractivity contribution in [2.75, 3.05) is 7.11 Å². The van der Waals surface area contributed by atoms with Crippen LogP contribution < -0.4 is 10.1 Å². The molecular formula is C33H34ClN3O3. The zero-order valence-electron chi connectivity index (χ0n) is 22.7. The number of hydrogen-bond donors (Lipinski definition) is 1. The van der Waals surface area contributed by atoms with Gasteiger partial charge in [0, 0.05) is 29.1 Å². The molecule has 0 saturated heterocycles. The van der Waals surface area contributed by atoms with Gasteiger partial charge in [-0.2, -0.15) is 0 Å². The fourth-order valence-electron chi connectivity index (χ4n) is 6.37. The minimum Gasteiger partial charge on any atom is -0.497 e. The number of nitrogens with one attached hydrogen (secondary N) is 1. The van der Waals surface area contributed by atoms with E-state index in [9.17, 15) is 9.59 Å². The second-order valence-electron chi connectivity index (χ2n) is 10.9. The molecule has 6 nitrogen and oxygen atoms in total. The van der Waals surface area contributed by atoms with Crippen LogP contribution in [0, 0.1) is 0 Å². The van der Waals surface area contributed by atoms with Crippen LogP contribution in [0.2, 0.25) is 5.02 Å². The number of hydrogen-bond acceptors (Lipinski definition) is 3. The highest BCUT2D eigenvalue weighted by Gasteiger charge is 2.52. The normalized spacial score (nSPS) is 19.8. The summed E-state index contributed by atoms with van der Waals surface area (Å²) in [4.78, 5) is 31.0. The quantitative estimate of drug-likeness (QED) is 0.269. The number of fused-ring (bicyclic) bond motifs is 3. The zero-order valence-corrected chi connectivity index (χ0v) is 23.5. The number of amides is 2. The Kier molecular flexibility index (Phi) is 7.28. The maximum Gasteiger partial charge on any atom is 0.272 e. The molecule has 0 spiro atoms. The van der Waals surface area contributed by atoms with Crippen LogP contribution in [0.5, 0.6) is 5.75 Å². The number of benzene rings is 3. The molecule has 2 amide bonds. The van der Waals surface area contributed by atoms with Crippen LogP contribution in [0.1, 0.15) is 60.1 Å². The molecular weight excluding hydrogens is 522 g/mol. The van der Waals surface area contributed by atoms with Gasteiger partial charge in [0.05, 0.1) is 19.2 Å². The van der Waals surface area contributed by atoms with Gasteiger partial charge in [-0.25, -0.2) is 0 Å². The first-order chi connectivity index (χ1) is 19.5. The monoisotopic (exact) mass is 555 g/mol. The summed E-state index contributed by atoms with van der Waals surface area (Å²) < 4.78 is 7.51. The summed E-state index contributed by atoms with van der Waals surface area (Å²) >= 11 is 6.36. The fourth-order valence-corrected chi connectivity index (χ4v) is 6.59. The van der Waals surface area contributed by atoms with Crippen LogP contribution in [0.15, 0.2) is 78.9 Å². The lowest BCUT2D eigenvalue weighted by atomic mass is 9.83. The molecule has 1 aromatic heterocycles. The molecule has 6 rings (SSSR count). The van der Waals surface area contributed by atoms with Crippen molar-refractivity contribution in [1.82, 2.24) is 14.8 Å². The number of aromatic nitrogens is 1. The second kappa shape index (κ2) is 11.0. The molecule has 40 heavy (non-hydrogen) atoms. The van der Waals surface area contributed by atoms with Crippen LogP contribution in [0.3, 0.4) is 0 Å². The van der Waals surface area contributed by atoms with E-state index in [1.807, 2.05) is 83.4 Å². The Morgan fingerprint density at radius 1 is 0.975 bits per heavy atom. The van der Waals surface area contributed by atoms with Crippen LogP contribution >= 0.6 is 11.6 Å². The van der Waals surface area contributed by atoms with Crippen LogP contribution in [-0.4, -0.2) is 34.4 Å². The molecule has 1 atom stereocenters. The Balaban J connectivity index is 1.54. The van der Waals surface area contributed by atoms with Gasteiger partial charge in [0.1, 0.15) is 11.4 Å². The van der Waals surface area contributed by atoms with E-state index in [0.29, 0.717) is 16.5 Å². The zero-order chi connectivity index (χ0) is 27.7. The standard InChI is InChI=1S/C33H34ClN3O3/c1-40-28-17-16-24-19-30-31(38)37(21-23-10-9-13-26(34)18-23)33(22-36(30)29(24)20-28,25-11-5-4-6-12-25)32(39)35-27-14-7-2-3-8-15-27/h4-6,9-13,16-20,27H,2-3,7-8,14-15,21-22H2,1H3,(H,35,39)/t33-/m1/s1. The lowest BCUT2D eigenvalue weighted by molar-refractivity contribution is -0.136. The predicted octanol–water partition coefficient (Wildman–Crippen LogP) is 6.69. The van der Waals surface area contributed by atoms with Gasteiger partial charge >= 0.3 is 0 Å². The Morgan fingerprint density at radius 3 is 2.48 bits per heavy atom. The molecule has 7 heteroatoms. The van der Waals surface area contributed by atoms with Crippen molar-refractivity contribution in [2.45, 2.75) is 63.2 Å². The van der Waals surface area contributed by atoms with Crippen LogP contribution in [-0.2, 0) is 23.4 Å². The highest BCUT2D eigenvalue weighted by atomic mass is 35.5. The number of halogens is 1. The van der Waals surface area contributed by atoms with Crippen molar-refractivity contribution in [1.29, 1.82) is 0 Å². The van der Waals surface area contributed by atoms with Crippen molar-refractivity contribution < 1.29 is 14.3 Å². The van der Waals surface area contributed by atoms with Gasteiger partial charge in [0.2, 0.25) is 0 Å². The summed E-state index contributed by atoms with van der Waals surface area (Å²) in [7, 11) is 1.63. The molecule has 2 heterocycles. The van der Waals surface area contributed by atoms with Gasteiger partial charge in [-0.15, -0.1) is 0 Å². The third-order valence-electron chi connectivity index (χ3n) is 8.47. The third-order valence-corrected chi connectivity index (χ3v) is 8.71. The third kappa shape index (κ3) is 4.75. The Labute approximate surface area is 239 Å². The van der Waals surface area contributed by atoms with Gasteiger partial charge in [0.15, 0.2) is 5.54 Å². The SMILES string of the molecule is COc1ccc2cc3n(c2c1)C[C@](C(=O)NC1CCCCCC1)(c1ccccc1)N(Cc1cccc(Cl)c1)C3=O. The van der Waals surface area contributed by atoms with Gasteiger partial charge < -0.3 is 19.5 Å². The summed E-state index contributed by atoms with van der Waals surface area (Å²) in [6, 6.07) is 25.0. The van der Waals surface area contributed by atoms with Gasteiger partial charge in [-0.05, 0) is 54.3 Å². The summed E-state index contributed by atoms with van der Waals surface area (Å²) in [6.07, 6.45) is 6.48. The van der Waals surface area contributed by atoms with E-state index in [2.05, 4.69) is 5.32 Å². The van der Waals surface area contributed by atoms with Gasteiger partial charge in [-0.1, -0.05) is 79.7 Å². The molecule has 1 fully saturated rings. The molecule has 1 aliphatic carbocycles. The average molecular weight is 556 g/mol. The Bertz CT molecular complexity index is 1540. The van der Waals surface area contributed by atoms with Gasteiger partial charge in [-0.3, -0.25) is 9.59 Å². The topological polar surface area (TPSA) is 63.6 Å². The largest absolute Gasteiger partial charge is 0.497 e. The molecule has 1 N–H and O–H groups in total. The van der Waals surface area contributed by atoms with E-state index >= 15 is 0 Å². The van der Waals surface area contributed by atoms with E-state index in [-0.39, 0.29) is 30.9 Å². The summed E-state index contributed by atoms with van der Waals surface area (Å²) in [5, 5.41) is 4.94. The second-order valence-corrected chi connectivity index (χ2v) is 11.4. The first-order valence-corrected chi connectivity index (χ1v) is 14.5. The van der Waals surface area contributed by atoms with Gasteiger partial charge in [0.25, 0.3) is 11.8 Å². The summed E-state index contributed by atoms with van der Waals surface area (Å²) in [5.74, 6) is 0.369. The number of ether oxygens (including phenoxy) is 1. The number of methoxy groups -OCH3 is 1. The molecule has 3 aromatic carbocycles. The molecule has 1 aliphatic heterocycles. The first kappa shape index (κ1) is 26.5. The molecule has 0 radical (unpaired) electrons. The molecule has 206 valence electrons. The highest BCUT2D eigenvalue weighted by molar-refractivity contribution is 6.30. The minimum absolute atomic E-state index is 0.0848. The fraction of sp³-hybridized carbons (Fsp3) is 0.333. The Hall–Kier alpha value is -3.77. The van der Waals surface area contributed by atoms with E-state index in [1.165, 1.54) is 12.8 Å². The predicted molar refractivity (Wildman–Crippen MR) is 158 cm³/mol. The number of carbonyl (C=O) groups is 2. The molecule has 0 bridgehead atoms. The molecule has 4 aromatic rings. The van der Waals surface area contributed by atoms with Crippen LogP contribution in [0.25, 0.3) is 10.9 Å². The van der Waals surface area contributed by atoms with Crippen molar-refractivity contribution in [3.05, 3.63) is 101 Å². The lowest BCUT2D eigenvalue weighted by Crippen LogP contribution is -2.63. The first-order valence-electron chi connectivity index (χ1n) is 14.1. The highest BCUT2D eigenvalue weighted by Crippen LogP contribution is 2.41. The summed E-state index contributed by atoms with van der Waals surface area (Å²) in [6.45, 7) is 0.533. The summed E-state index contributed by atoms with van der Waals surface area (Å²) in [5.41, 5.74) is 1.81. The molecule has 0 unspecified atom stereocenters. The number of rotatable bonds is 6. The van der Waals surface area contributed by atoms with E-state index in [0.717, 1.165) is 47.7 Å². The molecule has 1 saturated carbocycles.